The summed E-state index contributed by atoms with van der Waals surface area (Å²) in [5, 5.41) is 0.168. The Balaban J connectivity index is 2.83. The Morgan fingerprint density at radius 3 is 1.56 bits per heavy atom. The molecule has 1 atom stereocenters. The summed E-state index contributed by atoms with van der Waals surface area (Å²) in [6.45, 7) is 0. The lowest BCUT2D eigenvalue weighted by molar-refractivity contribution is 0.988. The highest BCUT2D eigenvalue weighted by Crippen LogP contribution is 2.67. The molecule has 0 nitrogen and oxygen atoms in total. The molecule has 0 saturated heterocycles. The maximum absolute atomic E-state index is 6.28. The van der Waals surface area contributed by atoms with Crippen LogP contribution in [0.25, 0.3) is 0 Å². The van der Waals surface area contributed by atoms with Crippen molar-refractivity contribution in [2.24, 2.45) is 0 Å². The van der Waals surface area contributed by atoms with Gasteiger partial charge in [0.15, 0.2) is 4.33 Å². The van der Waals surface area contributed by atoms with Crippen molar-refractivity contribution in [2.75, 3.05) is 0 Å². The minimum atomic E-state index is -1.62. The van der Waals surface area contributed by atoms with Gasteiger partial charge in [-0.05, 0) is 0 Å². The molecule has 8 heteroatoms. The van der Waals surface area contributed by atoms with Crippen molar-refractivity contribution in [3.8, 4) is 0 Å². The highest BCUT2D eigenvalue weighted by molar-refractivity contribution is 6.66. The lowest BCUT2D eigenvalue weighted by atomic mass is 10.1. The fourth-order valence-corrected chi connectivity index (χ4v) is 4.66. The van der Waals surface area contributed by atoms with Crippen LogP contribution in [0.2, 0.25) is 0 Å². The maximum atomic E-state index is 6.28. The lowest BCUT2D eigenvalue weighted by Crippen LogP contribution is -2.25. The zero-order chi connectivity index (χ0) is 12.5. The number of allylic oxidation sites excluding steroid dienone is 6. The molecule has 0 aromatic heterocycles. The van der Waals surface area contributed by atoms with Crippen LogP contribution in [0.3, 0.4) is 0 Å². The van der Waals surface area contributed by atoms with E-state index in [1.807, 2.05) is 0 Å². The van der Waals surface area contributed by atoms with Gasteiger partial charge < -0.3 is 0 Å². The van der Waals surface area contributed by atoms with E-state index in [2.05, 4.69) is 0 Å². The molecule has 0 N–H and O–H groups in total. The normalized spacial score (nSPS) is 33.0. The average molecular weight is 380 g/mol. The molecular weight excluding hydrogens is 380 g/mol. The lowest BCUT2D eigenvalue weighted by Gasteiger charge is -2.23. The van der Waals surface area contributed by atoms with E-state index in [1.54, 1.807) is 0 Å². The standard InChI is InChI=1S/C8Cl8/c9-1-2(10)4(11)7(14)3(1)8(15,16)6(13)5(7)12/t7-/m1/s1. The van der Waals surface area contributed by atoms with E-state index in [4.69, 9.17) is 92.8 Å². The molecule has 0 aromatic carbocycles. The van der Waals surface area contributed by atoms with Gasteiger partial charge in [0.05, 0.1) is 25.2 Å². The van der Waals surface area contributed by atoms with Crippen molar-refractivity contribution < 1.29 is 0 Å². The Morgan fingerprint density at radius 1 is 0.625 bits per heavy atom. The molecule has 88 valence electrons. The van der Waals surface area contributed by atoms with Gasteiger partial charge in [-0.1, -0.05) is 81.2 Å². The molecule has 0 aliphatic heterocycles. The largest absolute Gasteiger partial charge is 0.179 e. The molecule has 2 aliphatic carbocycles. The molecule has 0 aromatic rings. The molecule has 2 aliphatic rings. The van der Waals surface area contributed by atoms with Crippen molar-refractivity contribution in [1.29, 1.82) is 0 Å². The molecule has 0 unspecified atom stereocenters. The Hall–Kier alpha value is 1.54. The Bertz CT molecular complexity index is 482. The first-order chi connectivity index (χ1) is 7.16. The van der Waals surface area contributed by atoms with Gasteiger partial charge in [-0.3, -0.25) is 0 Å². The summed E-state index contributed by atoms with van der Waals surface area (Å²) in [5.74, 6) is 0. The van der Waals surface area contributed by atoms with Crippen LogP contribution in [0, 0.1) is 0 Å². The van der Waals surface area contributed by atoms with Gasteiger partial charge in [-0.2, -0.15) is 0 Å². The molecule has 0 fully saturated rings. The molecule has 0 heterocycles. The van der Waals surface area contributed by atoms with Gasteiger partial charge in [0.1, 0.15) is 4.87 Å². The van der Waals surface area contributed by atoms with Crippen LogP contribution in [-0.2, 0) is 0 Å². The van der Waals surface area contributed by atoms with Crippen molar-refractivity contribution in [1.82, 2.24) is 0 Å². The summed E-state index contributed by atoms with van der Waals surface area (Å²) in [4.78, 5) is -1.45. The second-order valence-electron chi connectivity index (χ2n) is 3.18. The predicted molar refractivity (Wildman–Crippen MR) is 73.4 cm³/mol. The molecular formula is C8Cl8. The highest BCUT2D eigenvalue weighted by Gasteiger charge is 2.62. The second kappa shape index (κ2) is 4.02. The van der Waals surface area contributed by atoms with E-state index in [-0.39, 0.29) is 30.7 Å². The number of hydrogen-bond acceptors (Lipinski definition) is 0. The summed E-state index contributed by atoms with van der Waals surface area (Å²) in [6, 6.07) is 0. The molecule has 16 heavy (non-hydrogen) atoms. The summed E-state index contributed by atoms with van der Waals surface area (Å²) in [6.07, 6.45) is 0. The van der Waals surface area contributed by atoms with Crippen LogP contribution >= 0.6 is 92.8 Å². The average Bonchev–Trinajstić information content (AvgIpc) is 2.46. The molecule has 0 radical (unpaired) electrons. The van der Waals surface area contributed by atoms with Crippen LogP contribution < -0.4 is 0 Å². The third-order valence-electron chi connectivity index (χ3n) is 2.34. The Kier molecular flexibility index (Phi) is 3.50. The van der Waals surface area contributed by atoms with E-state index in [9.17, 15) is 0 Å². The van der Waals surface area contributed by atoms with Crippen molar-refractivity contribution in [3.63, 3.8) is 0 Å². The van der Waals surface area contributed by atoms with Gasteiger partial charge in [-0.25, -0.2) is 0 Å². The molecule has 0 spiro atoms. The van der Waals surface area contributed by atoms with Crippen molar-refractivity contribution >= 4 is 92.8 Å². The van der Waals surface area contributed by atoms with E-state index >= 15 is 0 Å². The Morgan fingerprint density at radius 2 is 1.12 bits per heavy atom. The fraction of sp³-hybridized carbons (Fsp3) is 0.250. The van der Waals surface area contributed by atoms with Crippen LogP contribution in [0.4, 0.5) is 0 Å². The minimum absolute atomic E-state index is 0.00892. The molecule has 0 saturated carbocycles. The quantitative estimate of drug-likeness (QED) is 0.450. The summed E-state index contributed by atoms with van der Waals surface area (Å²) in [5.41, 5.74) is 0.177. The molecule has 2 rings (SSSR count). The number of halogens is 8. The molecule has 0 amide bonds. The van der Waals surface area contributed by atoms with Gasteiger partial charge in [0.2, 0.25) is 0 Å². The first-order valence-electron chi connectivity index (χ1n) is 3.76. The Labute approximate surface area is 132 Å². The predicted octanol–water partition coefficient (Wildman–Crippen LogP) is 6.04. The first kappa shape index (κ1) is 14.0. The summed E-state index contributed by atoms with van der Waals surface area (Å²) >= 11 is 48.1. The molecule has 0 bridgehead atoms. The van der Waals surface area contributed by atoms with E-state index in [0.29, 0.717) is 0 Å². The number of hydrogen-bond donors (Lipinski definition) is 0. The van der Waals surface area contributed by atoms with Gasteiger partial charge in [0, 0.05) is 5.57 Å². The third kappa shape index (κ3) is 1.45. The number of fused-ring (bicyclic) bond motifs is 1. The van der Waals surface area contributed by atoms with E-state index in [1.165, 1.54) is 0 Å². The van der Waals surface area contributed by atoms with Gasteiger partial charge in [-0.15, -0.1) is 11.6 Å². The minimum Gasteiger partial charge on any atom is -0.102 e. The van der Waals surface area contributed by atoms with Crippen molar-refractivity contribution in [2.45, 2.75) is 9.21 Å². The van der Waals surface area contributed by atoms with Crippen molar-refractivity contribution in [3.05, 3.63) is 30.7 Å². The van der Waals surface area contributed by atoms with Crippen LogP contribution in [-0.4, -0.2) is 9.21 Å². The number of rotatable bonds is 0. The first-order valence-corrected chi connectivity index (χ1v) is 6.79. The fourth-order valence-electron chi connectivity index (χ4n) is 1.58. The highest BCUT2D eigenvalue weighted by atomic mass is 35.5. The van der Waals surface area contributed by atoms with Gasteiger partial charge in [0.25, 0.3) is 0 Å². The van der Waals surface area contributed by atoms with Gasteiger partial charge >= 0.3 is 0 Å². The van der Waals surface area contributed by atoms with Crippen LogP contribution in [0.1, 0.15) is 0 Å². The topological polar surface area (TPSA) is 0 Å². The number of alkyl halides is 3. The summed E-state index contributed by atoms with van der Waals surface area (Å²) < 4.78 is -1.62. The monoisotopic (exact) mass is 376 g/mol. The summed E-state index contributed by atoms with van der Waals surface area (Å²) in [7, 11) is 0. The smallest absolute Gasteiger partial charge is 0.102 e. The maximum Gasteiger partial charge on any atom is 0.179 e. The zero-order valence-electron chi connectivity index (χ0n) is 7.02. The zero-order valence-corrected chi connectivity index (χ0v) is 13.1. The van der Waals surface area contributed by atoms with Crippen LogP contribution in [0.5, 0.6) is 0 Å². The SMILES string of the molecule is ClC1=C(Cl)[C@@]2(Cl)C(Cl)=C(Cl)C(Cl)(Cl)C2=C1Cl. The van der Waals surface area contributed by atoms with Crippen LogP contribution in [0.15, 0.2) is 30.7 Å². The second-order valence-corrected chi connectivity index (χ2v) is 6.96. The van der Waals surface area contributed by atoms with E-state index in [0.717, 1.165) is 0 Å². The van der Waals surface area contributed by atoms with E-state index < -0.39 is 9.21 Å². The third-order valence-corrected chi connectivity index (χ3v) is 6.51.